The SMILES string of the molecule is O=C(O)C1CCCCN1C(c1ccccc1Br)c1csc2ccccc12. The van der Waals surface area contributed by atoms with Crippen molar-refractivity contribution in [3.63, 3.8) is 0 Å². The van der Waals surface area contributed by atoms with E-state index in [9.17, 15) is 9.90 Å². The summed E-state index contributed by atoms with van der Waals surface area (Å²) in [7, 11) is 0. The highest BCUT2D eigenvalue weighted by molar-refractivity contribution is 9.10. The first kappa shape index (κ1) is 17.7. The van der Waals surface area contributed by atoms with E-state index < -0.39 is 12.0 Å². The van der Waals surface area contributed by atoms with Gasteiger partial charge in [-0.3, -0.25) is 9.69 Å². The molecule has 2 aromatic carbocycles. The van der Waals surface area contributed by atoms with Crippen LogP contribution in [0.4, 0.5) is 0 Å². The van der Waals surface area contributed by atoms with Gasteiger partial charge in [0, 0.05) is 9.17 Å². The lowest BCUT2D eigenvalue weighted by atomic mass is 9.91. The molecule has 1 N–H and O–H groups in total. The first-order valence-electron chi connectivity index (χ1n) is 8.86. The van der Waals surface area contributed by atoms with E-state index in [1.54, 1.807) is 11.3 Å². The molecule has 1 aliphatic rings. The summed E-state index contributed by atoms with van der Waals surface area (Å²) in [5.74, 6) is -0.721. The Hall–Kier alpha value is -1.69. The van der Waals surface area contributed by atoms with E-state index in [1.165, 1.54) is 15.6 Å². The van der Waals surface area contributed by atoms with Crippen molar-refractivity contribution in [2.24, 2.45) is 0 Å². The predicted octanol–water partition coefficient (Wildman–Crippen LogP) is 5.69. The maximum atomic E-state index is 12.0. The second-order valence-corrected chi connectivity index (χ2v) is 8.46. The molecule has 2 heterocycles. The quantitative estimate of drug-likeness (QED) is 0.578. The molecule has 5 heteroatoms. The van der Waals surface area contributed by atoms with E-state index in [4.69, 9.17) is 0 Å². The standard InChI is InChI=1S/C21H20BrNO2S/c22-17-9-3-1-8-15(17)20(23-12-6-5-10-18(23)21(24)25)16-13-26-19-11-4-2-7-14(16)19/h1-4,7-9,11,13,18,20H,5-6,10,12H2,(H,24,25). The Bertz CT molecular complexity index is 938. The second-order valence-electron chi connectivity index (χ2n) is 6.70. The van der Waals surface area contributed by atoms with Gasteiger partial charge in [-0.15, -0.1) is 11.3 Å². The summed E-state index contributed by atoms with van der Waals surface area (Å²) in [6, 6.07) is 16.0. The highest BCUT2D eigenvalue weighted by Crippen LogP contribution is 2.42. The molecule has 0 radical (unpaired) electrons. The zero-order chi connectivity index (χ0) is 18.1. The number of thiophene rings is 1. The van der Waals surface area contributed by atoms with E-state index in [1.807, 2.05) is 18.2 Å². The number of hydrogen-bond donors (Lipinski definition) is 1. The van der Waals surface area contributed by atoms with Gasteiger partial charge in [-0.25, -0.2) is 0 Å². The highest BCUT2D eigenvalue weighted by Gasteiger charge is 2.36. The van der Waals surface area contributed by atoms with E-state index in [-0.39, 0.29) is 6.04 Å². The van der Waals surface area contributed by atoms with Crippen molar-refractivity contribution >= 4 is 43.3 Å². The zero-order valence-electron chi connectivity index (χ0n) is 14.3. The Morgan fingerprint density at radius 2 is 1.88 bits per heavy atom. The topological polar surface area (TPSA) is 40.5 Å². The monoisotopic (exact) mass is 429 g/mol. The molecule has 0 bridgehead atoms. The van der Waals surface area contributed by atoms with Gasteiger partial charge in [-0.05, 0) is 53.4 Å². The minimum atomic E-state index is -0.721. The minimum Gasteiger partial charge on any atom is -0.480 e. The number of halogens is 1. The summed E-state index contributed by atoms with van der Waals surface area (Å²) in [5, 5.41) is 13.2. The molecule has 1 aliphatic heterocycles. The molecule has 0 amide bonds. The van der Waals surface area contributed by atoms with E-state index in [2.05, 4.69) is 56.5 Å². The summed E-state index contributed by atoms with van der Waals surface area (Å²) in [6.45, 7) is 0.799. The third kappa shape index (κ3) is 3.20. The van der Waals surface area contributed by atoms with Gasteiger partial charge in [0.2, 0.25) is 0 Å². The fourth-order valence-corrected chi connectivity index (χ4v) is 5.44. The summed E-state index contributed by atoms with van der Waals surface area (Å²) in [5.41, 5.74) is 2.33. The number of carboxylic acid groups (broad SMARTS) is 1. The summed E-state index contributed by atoms with van der Waals surface area (Å²) in [4.78, 5) is 14.1. The smallest absolute Gasteiger partial charge is 0.320 e. The maximum Gasteiger partial charge on any atom is 0.320 e. The van der Waals surface area contributed by atoms with Crippen LogP contribution in [0.5, 0.6) is 0 Å². The summed E-state index contributed by atoms with van der Waals surface area (Å²) >= 11 is 5.43. The van der Waals surface area contributed by atoms with Gasteiger partial charge in [0.05, 0.1) is 6.04 Å². The molecular weight excluding hydrogens is 410 g/mol. The van der Waals surface area contributed by atoms with Gasteiger partial charge in [0.15, 0.2) is 0 Å². The third-order valence-electron chi connectivity index (χ3n) is 5.17. The van der Waals surface area contributed by atoms with Crippen molar-refractivity contribution in [2.45, 2.75) is 31.3 Å². The average Bonchev–Trinajstić information content (AvgIpc) is 3.08. The van der Waals surface area contributed by atoms with Gasteiger partial charge in [-0.1, -0.05) is 58.7 Å². The van der Waals surface area contributed by atoms with Gasteiger partial charge in [0.1, 0.15) is 6.04 Å². The molecule has 3 aromatic rings. The molecular formula is C21H20BrNO2S. The molecule has 26 heavy (non-hydrogen) atoms. The Morgan fingerprint density at radius 1 is 1.12 bits per heavy atom. The van der Waals surface area contributed by atoms with Crippen LogP contribution in [0, 0.1) is 0 Å². The van der Waals surface area contributed by atoms with Crippen LogP contribution >= 0.6 is 27.3 Å². The van der Waals surface area contributed by atoms with Crippen LogP contribution in [0.1, 0.15) is 36.4 Å². The van der Waals surface area contributed by atoms with Crippen LogP contribution in [-0.4, -0.2) is 28.6 Å². The Labute approximate surface area is 165 Å². The molecule has 0 aliphatic carbocycles. The molecule has 2 atom stereocenters. The average molecular weight is 430 g/mol. The van der Waals surface area contributed by atoms with Gasteiger partial charge < -0.3 is 5.11 Å². The number of carbonyl (C=O) groups is 1. The van der Waals surface area contributed by atoms with E-state index in [0.717, 1.165) is 29.4 Å². The highest BCUT2D eigenvalue weighted by atomic mass is 79.9. The van der Waals surface area contributed by atoms with Crippen molar-refractivity contribution in [2.75, 3.05) is 6.54 Å². The van der Waals surface area contributed by atoms with Gasteiger partial charge in [-0.2, -0.15) is 0 Å². The molecule has 4 rings (SSSR count). The molecule has 1 fully saturated rings. The molecule has 1 aromatic heterocycles. The number of nitrogens with zero attached hydrogens (tertiary/aromatic N) is 1. The molecule has 3 nitrogen and oxygen atoms in total. The number of hydrogen-bond acceptors (Lipinski definition) is 3. The van der Waals surface area contributed by atoms with Crippen LogP contribution in [0.25, 0.3) is 10.1 Å². The second kappa shape index (κ2) is 7.51. The van der Waals surface area contributed by atoms with Gasteiger partial charge >= 0.3 is 5.97 Å². The van der Waals surface area contributed by atoms with Crippen molar-refractivity contribution in [1.82, 2.24) is 4.90 Å². The molecule has 0 spiro atoms. The van der Waals surface area contributed by atoms with Gasteiger partial charge in [0.25, 0.3) is 0 Å². The normalized spacial score (nSPS) is 19.5. The number of benzene rings is 2. The third-order valence-corrected chi connectivity index (χ3v) is 6.87. The first-order chi connectivity index (χ1) is 12.7. The minimum absolute atomic E-state index is 0.0666. The fraction of sp³-hybridized carbons (Fsp3) is 0.286. The van der Waals surface area contributed by atoms with Crippen molar-refractivity contribution in [3.8, 4) is 0 Å². The Balaban J connectivity index is 1.90. The number of fused-ring (bicyclic) bond motifs is 1. The molecule has 1 saturated heterocycles. The summed E-state index contributed by atoms with van der Waals surface area (Å²) < 4.78 is 2.26. The van der Waals surface area contributed by atoms with Crippen LogP contribution in [0.2, 0.25) is 0 Å². The van der Waals surface area contributed by atoms with Crippen molar-refractivity contribution in [1.29, 1.82) is 0 Å². The van der Waals surface area contributed by atoms with Crippen molar-refractivity contribution < 1.29 is 9.90 Å². The predicted molar refractivity (Wildman–Crippen MR) is 110 cm³/mol. The van der Waals surface area contributed by atoms with Crippen LogP contribution in [0.15, 0.2) is 58.4 Å². The first-order valence-corrected chi connectivity index (χ1v) is 10.5. The number of rotatable bonds is 4. The molecule has 2 unspecified atom stereocenters. The molecule has 134 valence electrons. The lowest BCUT2D eigenvalue weighted by Gasteiger charge is -2.39. The lowest BCUT2D eigenvalue weighted by molar-refractivity contribution is -0.145. The van der Waals surface area contributed by atoms with Crippen LogP contribution in [-0.2, 0) is 4.79 Å². The maximum absolute atomic E-state index is 12.0. The number of likely N-dealkylation sites (tertiary alicyclic amines) is 1. The van der Waals surface area contributed by atoms with Crippen LogP contribution < -0.4 is 0 Å². The Morgan fingerprint density at radius 3 is 2.69 bits per heavy atom. The van der Waals surface area contributed by atoms with Crippen LogP contribution in [0.3, 0.4) is 0 Å². The number of carboxylic acids is 1. The summed E-state index contributed by atoms with van der Waals surface area (Å²) in [6.07, 6.45) is 2.71. The largest absolute Gasteiger partial charge is 0.480 e. The number of aliphatic carboxylic acids is 1. The van der Waals surface area contributed by atoms with E-state index in [0.29, 0.717) is 6.42 Å². The molecule has 0 saturated carbocycles. The zero-order valence-corrected chi connectivity index (χ0v) is 16.7. The lowest BCUT2D eigenvalue weighted by Crippen LogP contribution is -2.46. The Kier molecular flexibility index (Phi) is 5.11. The van der Waals surface area contributed by atoms with Crippen molar-refractivity contribution in [3.05, 3.63) is 69.5 Å². The number of piperidine rings is 1. The fourth-order valence-electron chi connectivity index (χ4n) is 3.96. The van der Waals surface area contributed by atoms with E-state index >= 15 is 0 Å².